The van der Waals surface area contributed by atoms with Crippen LogP contribution in [0.1, 0.15) is 54.9 Å². The number of fused-ring (bicyclic) bond motifs is 1. The summed E-state index contributed by atoms with van der Waals surface area (Å²) in [5.41, 5.74) is 2.90. The fraction of sp³-hybridized carbons (Fsp3) is 0.556. The highest BCUT2D eigenvalue weighted by atomic mass is 16.5. The molecule has 0 heterocycles. The number of nitrogens with one attached hydrogen (secondary N) is 1. The highest BCUT2D eigenvalue weighted by Gasteiger charge is 2.38. The summed E-state index contributed by atoms with van der Waals surface area (Å²) in [5.74, 6) is 0.935. The Balaban J connectivity index is 2.11. The number of ketones is 1. The monoisotopic (exact) mass is 335 g/mol. The lowest BCUT2D eigenvalue weighted by molar-refractivity contribution is -0.129. The van der Waals surface area contributed by atoms with Crippen molar-refractivity contribution >= 4 is 11.7 Å². The maximum atomic E-state index is 13.0. The molecule has 0 spiro atoms. The number of Topliss-reactive ketones (excluding diaryl/α,β-unsaturated/α-hetero) is 1. The van der Waals surface area contributed by atoms with Gasteiger partial charge in [0, 0.05) is 17.4 Å². The lowest BCUT2D eigenvalue weighted by Gasteiger charge is -2.34. The summed E-state index contributed by atoms with van der Waals surface area (Å²) < 4.78 is 10.6. The molecule has 1 unspecified atom stereocenters. The zero-order valence-electron chi connectivity index (χ0n) is 14.5. The molecule has 2 N–H and O–H groups in total. The molecule has 2 rings (SSSR count). The number of ether oxygens (including phenoxy) is 2. The van der Waals surface area contributed by atoms with Gasteiger partial charge in [-0.15, -0.1) is 0 Å². The van der Waals surface area contributed by atoms with Gasteiger partial charge in [0.1, 0.15) is 0 Å². The molecule has 1 aliphatic rings. The third kappa shape index (κ3) is 3.70. The molecule has 1 aromatic rings. The average Bonchev–Trinajstić information content (AvgIpc) is 2.61. The molecule has 0 aromatic heterocycles. The van der Waals surface area contributed by atoms with Crippen molar-refractivity contribution in [2.24, 2.45) is 5.41 Å². The van der Waals surface area contributed by atoms with Crippen LogP contribution in [-0.2, 0) is 11.2 Å². The molecule has 1 atom stereocenters. The summed E-state index contributed by atoms with van der Waals surface area (Å²) in [6.07, 6.45) is 3.99. The third-order valence-corrected chi connectivity index (χ3v) is 4.86. The molecule has 0 fully saturated rings. The zero-order valence-corrected chi connectivity index (χ0v) is 14.5. The van der Waals surface area contributed by atoms with E-state index in [1.165, 1.54) is 0 Å². The second-order valence-electron chi connectivity index (χ2n) is 6.50. The van der Waals surface area contributed by atoms with Crippen LogP contribution >= 0.6 is 0 Å². The number of hydrogen-bond donors (Lipinski definition) is 2. The molecular weight excluding hydrogens is 310 g/mol. The smallest absolute Gasteiger partial charge is 0.243 e. The van der Waals surface area contributed by atoms with E-state index in [2.05, 4.69) is 0 Å². The van der Waals surface area contributed by atoms with Gasteiger partial charge in [0.15, 0.2) is 17.3 Å². The first-order valence-corrected chi connectivity index (χ1v) is 8.18. The summed E-state index contributed by atoms with van der Waals surface area (Å²) in [6.45, 7) is 1.99. The van der Waals surface area contributed by atoms with E-state index in [1.54, 1.807) is 25.8 Å². The molecule has 0 saturated carbocycles. The van der Waals surface area contributed by atoms with E-state index in [1.807, 2.05) is 13.0 Å². The van der Waals surface area contributed by atoms with Crippen LogP contribution in [0, 0.1) is 5.41 Å². The van der Waals surface area contributed by atoms with Crippen LogP contribution in [0.5, 0.6) is 11.5 Å². The average molecular weight is 335 g/mol. The number of rotatable bonds is 7. The van der Waals surface area contributed by atoms with Gasteiger partial charge in [-0.1, -0.05) is 13.3 Å². The number of amides is 1. The second-order valence-corrected chi connectivity index (χ2v) is 6.50. The molecule has 132 valence electrons. The number of hydrogen-bond acceptors (Lipinski definition) is 5. The van der Waals surface area contributed by atoms with Crippen LogP contribution in [0.4, 0.5) is 0 Å². The molecule has 1 aliphatic carbocycles. The normalized spacial score (nSPS) is 19.6. The highest BCUT2D eigenvalue weighted by molar-refractivity contribution is 6.03. The predicted molar refractivity (Wildman–Crippen MR) is 88.7 cm³/mol. The Morgan fingerprint density at radius 2 is 1.92 bits per heavy atom. The number of unbranched alkanes of at least 4 members (excludes halogenated alkanes) is 1. The standard InChI is InChI=1S/C18H25NO5/c1-18(8-5-4-6-16(20)19-22)9-7-12-10-14(23-2)15(24-3)11-13(12)17(18)21/h10-11,22H,4-9H2,1-3H3,(H,19,20). The van der Waals surface area contributed by atoms with Gasteiger partial charge in [0.25, 0.3) is 0 Å². The molecule has 1 amide bonds. The van der Waals surface area contributed by atoms with E-state index >= 15 is 0 Å². The van der Waals surface area contributed by atoms with Gasteiger partial charge in [-0.05, 0) is 43.4 Å². The van der Waals surface area contributed by atoms with E-state index in [0.717, 1.165) is 31.2 Å². The Morgan fingerprint density at radius 1 is 1.25 bits per heavy atom. The largest absolute Gasteiger partial charge is 0.493 e. The highest BCUT2D eigenvalue weighted by Crippen LogP contribution is 2.42. The molecule has 0 aliphatic heterocycles. The van der Waals surface area contributed by atoms with Crippen LogP contribution in [0.25, 0.3) is 0 Å². The Kier molecular flexibility index (Phi) is 5.83. The topological polar surface area (TPSA) is 84.9 Å². The van der Waals surface area contributed by atoms with Gasteiger partial charge in [-0.3, -0.25) is 14.8 Å². The van der Waals surface area contributed by atoms with Gasteiger partial charge < -0.3 is 9.47 Å². The minimum Gasteiger partial charge on any atom is -0.493 e. The van der Waals surface area contributed by atoms with Crippen LogP contribution in [0.15, 0.2) is 12.1 Å². The maximum absolute atomic E-state index is 13.0. The Morgan fingerprint density at radius 3 is 2.54 bits per heavy atom. The lowest BCUT2D eigenvalue weighted by Crippen LogP contribution is -2.33. The Bertz CT molecular complexity index is 628. The van der Waals surface area contributed by atoms with Gasteiger partial charge in [-0.25, -0.2) is 5.48 Å². The number of aryl methyl sites for hydroxylation is 1. The number of carbonyl (C=O) groups excluding carboxylic acids is 2. The zero-order chi connectivity index (χ0) is 17.7. The van der Waals surface area contributed by atoms with Crippen molar-refractivity contribution in [3.8, 4) is 11.5 Å². The van der Waals surface area contributed by atoms with Crippen molar-refractivity contribution in [3.05, 3.63) is 23.3 Å². The van der Waals surface area contributed by atoms with Crippen molar-refractivity contribution in [1.82, 2.24) is 5.48 Å². The van der Waals surface area contributed by atoms with Crippen LogP contribution in [0.3, 0.4) is 0 Å². The van der Waals surface area contributed by atoms with Crippen molar-refractivity contribution in [3.63, 3.8) is 0 Å². The first-order chi connectivity index (χ1) is 11.4. The van der Waals surface area contributed by atoms with Crippen LogP contribution in [-0.4, -0.2) is 31.1 Å². The summed E-state index contributed by atoms with van der Waals surface area (Å²) >= 11 is 0. The maximum Gasteiger partial charge on any atom is 0.243 e. The number of methoxy groups -OCH3 is 2. The van der Waals surface area contributed by atoms with Crippen molar-refractivity contribution < 1.29 is 24.3 Å². The molecule has 6 nitrogen and oxygen atoms in total. The molecule has 24 heavy (non-hydrogen) atoms. The van der Waals surface area contributed by atoms with Crippen molar-refractivity contribution in [2.45, 2.75) is 45.4 Å². The fourth-order valence-corrected chi connectivity index (χ4v) is 3.28. The molecule has 0 radical (unpaired) electrons. The fourth-order valence-electron chi connectivity index (χ4n) is 3.28. The third-order valence-electron chi connectivity index (χ3n) is 4.86. The minimum absolute atomic E-state index is 0.122. The molecule has 0 bridgehead atoms. The summed E-state index contributed by atoms with van der Waals surface area (Å²) in [5, 5.41) is 8.50. The molecular formula is C18H25NO5. The number of hydroxylamine groups is 1. The van der Waals surface area contributed by atoms with E-state index in [-0.39, 0.29) is 12.2 Å². The quantitative estimate of drug-likeness (QED) is 0.455. The predicted octanol–water partition coefficient (Wildman–Crippen LogP) is 2.90. The molecule has 6 heteroatoms. The minimum atomic E-state index is -0.428. The summed E-state index contributed by atoms with van der Waals surface area (Å²) in [6, 6.07) is 3.66. The second kappa shape index (κ2) is 7.66. The first-order valence-electron chi connectivity index (χ1n) is 8.18. The summed E-state index contributed by atoms with van der Waals surface area (Å²) in [7, 11) is 3.14. The number of carbonyl (C=O) groups is 2. The molecule has 0 saturated heterocycles. The number of benzene rings is 1. The molecule has 1 aromatic carbocycles. The van der Waals surface area contributed by atoms with E-state index < -0.39 is 11.3 Å². The van der Waals surface area contributed by atoms with Crippen molar-refractivity contribution in [1.29, 1.82) is 0 Å². The Labute approximate surface area is 142 Å². The Hall–Kier alpha value is -2.08. The van der Waals surface area contributed by atoms with Crippen LogP contribution < -0.4 is 15.0 Å². The first kappa shape index (κ1) is 18.3. The lowest BCUT2D eigenvalue weighted by atomic mass is 9.69. The SMILES string of the molecule is COc1cc2c(cc1OC)C(=O)C(C)(CCCCC(=O)NO)CC2. The van der Waals surface area contributed by atoms with E-state index in [9.17, 15) is 9.59 Å². The van der Waals surface area contributed by atoms with Crippen LogP contribution in [0.2, 0.25) is 0 Å². The van der Waals surface area contributed by atoms with E-state index in [4.69, 9.17) is 14.7 Å². The van der Waals surface area contributed by atoms with E-state index in [0.29, 0.717) is 23.5 Å². The van der Waals surface area contributed by atoms with Gasteiger partial charge in [-0.2, -0.15) is 0 Å². The van der Waals surface area contributed by atoms with Gasteiger partial charge >= 0.3 is 0 Å². The summed E-state index contributed by atoms with van der Waals surface area (Å²) in [4.78, 5) is 24.0. The van der Waals surface area contributed by atoms with Crippen molar-refractivity contribution in [2.75, 3.05) is 14.2 Å². The van der Waals surface area contributed by atoms with Gasteiger partial charge in [0.2, 0.25) is 5.91 Å². The van der Waals surface area contributed by atoms with Gasteiger partial charge in [0.05, 0.1) is 14.2 Å².